The van der Waals surface area contributed by atoms with Crippen molar-refractivity contribution in [2.45, 2.75) is 66.5 Å². The van der Waals surface area contributed by atoms with E-state index in [1.54, 1.807) is 0 Å². The van der Waals surface area contributed by atoms with Crippen LogP contribution in [0.5, 0.6) is 5.75 Å². The smallest absolute Gasteiger partial charge is 0.123 e. The Hall–Kier alpha value is -1.02. The summed E-state index contributed by atoms with van der Waals surface area (Å²) in [4.78, 5) is 0. The molecule has 1 unspecified atom stereocenters. The van der Waals surface area contributed by atoms with Crippen LogP contribution in [0.25, 0.3) is 0 Å². The average Bonchev–Trinajstić information content (AvgIpc) is 2.31. The summed E-state index contributed by atoms with van der Waals surface area (Å²) in [6, 6.07) is 4.92. The van der Waals surface area contributed by atoms with Crippen LogP contribution in [0.4, 0.5) is 0 Å². The van der Waals surface area contributed by atoms with Crippen molar-refractivity contribution < 1.29 is 4.74 Å². The Morgan fingerprint density at radius 2 is 1.79 bits per heavy atom. The van der Waals surface area contributed by atoms with Crippen LogP contribution in [0.3, 0.4) is 0 Å². The largest absolute Gasteiger partial charge is 0.490 e. The molecule has 0 heterocycles. The molecular weight excluding hydrogens is 234 g/mol. The Morgan fingerprint density at radius 3 is 2.42 bits per heavy atom. The van der Waals surface area contributed by atoms with Gasteiger partial charge in [-0.3, -0.25) is 0 Å². The van der Waals surface area contributed by atoms with Gasteiger partial charge >= 0.3 is 0 Å². The first kappa shape index (κ1) is 16.0. The Kier molecular flexibility index (Phi) is 6.36. The van der Waals surface area contributed by atoms with Crippen molar-refractivity contribution in [3.8, 4) is 5.75 Å². The average molecular weight is 263 g/mol. The van der Waals surface area contributed by atoms with Crippen molar-refractivity contribution in [3.05, 3.63) is 28.8 Å². The van der Waals surface area contributed by atoms with Gasteiger partial charge in [0, 0.05) is 6.04 Å². The second-order valence-electron chi connectivity index (χ2n) is 5.88. The third-order valence-electron chi connectivity index (χ3n) is 3.43. The molecule has 0 aliphatic rings. The lowest BCUT2D eigenvalue weighted by Crippen LogP contribution is -2.25. The van der Waals surface area contributed by atoms with Gasteiger partial charge in [-0.1, -0.05) is 19.9 Å². The zero-order valence-electron chi connectivity index (χ0n) is 13.3. The van der Waals surface area contributed by atoms with Crippen LogP contribution in [0, 0.1) is 20.8 Å². The number of hydrogen-bond donors (Lipinski definition) is 1. The lowest BCUT2D eigenvalue weighted by atomic mass is 10.1. The normalized spacial score (nSPS) is 12.8. The molecule has 0 saturated heterocycles. The van der Waals surface area contributed by atoms with Gasteiger partial charge in [-0.25, -0.2) is 0 Å². The van der Waals surface area contributed by atoms with Crippen LogP contribution < -0.4 is 10.1 Å². The fourth-order valence-electron chi connectivity index (χ4n) is 2.18. The summed E-state index contributed by atoms with van der Waals surface area (Å²) in [5.74, 6) is 1.04. The molecular formula is C17H29NO. The van der Waals surface area contributed by atoms with Crippen LogP contribution in [-0.4, -0.2) is 18.7 Å². The van der Waals surface area contributed by atoms with Gasteiger partial charge in [0.2, 0.25) is 0 Å². The molecule has 0 aliphatic carbocycles. The molecule has 0 radical (unpaired) electrons. The monoisotopic (exact) mass is 263 g/mol. The van der Waals surface area contributed by atoms with E-state index in [-0.39, 0.29) is 6.10 Å². The topological polar surface area (TPSA) is 21.3 Å². The van der Waals surface area contributed by atoms with Crippen molar-refractivity contribution in [2.75, 3.05) is 6.54 Å². The fraction of sp³-hybridized carbons (Fsp3) is 0.647. The maximum atomic E-state index is 6.09. The van der Waals surface area contributed by atoms with E-state index in [1.807, 2.05) is 0 Å². The van der Waals surface area contributed by atoms with Gasteiger partial charge in [0.1, 0.15) is 5.75 Å². The van der Waals surface area contributed by atoms with Gasteiger partial charge < -0.3 is 10.1 Å². The Morgan fingerprint density at radius 1 is 1.11 bits per heavy atom. The van der Waals surface area contributed by atoms with Crippen molar-refractivity contribution >= 4 is 0 Å². The maximum absolute atomic E-state index is 6.09. The van der Waals surface area contributed by atoms with Gasteiger partial charge in [-0.05, 0) is 69.8 Å². The third kappa shape index (κ3) is 5.65. The van der Waals surface area contributed by atoms with Crippen LogP contribution >= 0.6 is 0 Å². The van der Waals surface area contributed by atoms with Crippen molar-refractivity contribution in [1.82, 2.24) is 5.32 Å². The molecule has 1 N–H and O–H groups in total. The summed E-state index contributed by atoms with van der Waals surface area (Å²) in [5, 5.41) is 3.44. The standard InChI is InChI=1S/C17H29NO/c1-12(2)18-9-7-8-15(5)19-17-11-13(3)10-14(4)16(17)6/h10-12,15,18H,7-9H2,1-6H3. The number of nitrogens with one attached hydrogen (secondary N) is 1. The van der Waals surface area contributed by atoms with E-state index in [9.17, 15) is 0 Å². The van der Waals surface area contributed by atoms with Crippen LogP contribution in [-0.2, 0) is 0 Å². The van der Waals surface area contributed by atoms with Gasteiger partial charge in [0.05, 0.1) is 6.10 Å². The number of rotatable bonds is 7. The Balaban J connectivity index is 2.46. The van der Waals surface area contributed by atoms with Crippen LogP contribution in [0.15, 0.2) is 12.1 Å². The summed E-state index contributed by atoms with van der Waals surface area (Å²) >= 11 is 0. The first-order valence-corrected chi connectivity index (χ1v) is 7.38. The van der Waals surface area contributed by atoms with E-state index in [0.29, 0.717) is 6.04 Å². The van der Waals surface area contributed by atoms with E-state index in [1.165, 1.54) is 16.7 Å². The summed E-state index contributed by atoms with van der Waals surface area (Å²) in [5.41, 5.74) is 3.84. The molecule has 2 heteroatoms. The molecule has 0 saturated carbocycles. The highest BCUT2D eigenvalue weighted by molar-refractivity contribution is 5.42. The molecule has 108 valence electrons. The Labute approximate surface area is 118 Å². The summed E-state index contributed by atoms with van der Waals surface area (Å²) in [7, 11) is 0. The summed E-state index contributed by atoms with van der Waals surface area (Å²) in [6.45, 7) is 14.0. The van der Waals surface area contributed by atoms with Crippen LogP contribution in [0.1, 0.15) is 50.3 Å². The second kappa shape index (κ2) is 7.54. The number of hydrogen-bond acceptors (Lipinski definition) is 2. The predicted molar refractivity (Wildman–Crippen MR) is 83.1 cm³/mol. The highest BCUT2D eigenvalue weighted by Crippen LogP contribution is 2.24. The lowest BCUT2D eigenvalue weighted by Gasteiger charge is -2.18. The maximum Gasteiger partial charge on any atom is 0.123 e. The van der Waals surface area contributed by atoms with Crippen molar-refractivity contribution in [2.24, 2.45) is 0 Å². The van der Waals surface area contributed by atoms with E-state index in [2.05, 4.69) is 59.0 Å². The number of benzene rings is 1. The Bertz CT molecular complexity index is 398. The molecule has 19 heavy (non-hydrogen) atoms. The summed E-state index contributed by atoms with van der Waals surface area (Å²) < 4.78 is 6.09. The van der Waals surface area contributed by atoms with Crippen molar-refractivity contribution in [3.63, 3.8) is 0 Å². The molecule has 0 bridgehead atoms. The quantitative estimate of drug-likeness (QED) is 0.746. The molecule has 1 atom stereocenters. The highest BCUT2D eigenvalue weighted by Gasteiger charge is 2.08. The third-order valence-corrected chi connectivity index (χ3v) is 3.43. The zero-order chi connectivity index (χ0) is 14.4. The highest BCUT2D eigenvalue weighted by atomic mass is 16.5. The van der Waals surface area contributed by atoms with E-state index < -0.39 is 0 Å². The van der Waals surface area contributed by atoms with Gasteiger partial charge in [0.25, 0.3) is 0 Å². The summed E-state index contributed by atoms with van der Waals surface area (Å²) in [6.07, 6.45) is 2.52. The van der Waals surface area contributed by atoms with E-state index in [0.717, 1.165) is 25.1 Å². The van der Waals surface area contributed by atoms with E-state index in [4.69, 9.17) is 4.74 Å². The first-order valence-electron chi connectivity index (χ1n) is 7.38. The van der Waals surface area contributed by atoms with Crippen molar-refractivity contribution in [1.29, 1.82) is 0 Å². The molecule has 0 spiro atoms. The molecule has 0 amide bonds. The number of aryl methyl sites for hydroxylation is 2. The van der Waals surface area contributed by atoms with Gasteiger partial charge in [0.15, 0.2) is 0 Å². The molecule has 2 nitrogen and oxygen atoms in total. The minimum absolute atomic E-state index is 0.272. The molecule has 0 fully saturated rings. The minimum atomic E-state index is 0.272. The molecule has 1 aromatic carbocycles. The zero-order valence-corrected chi connectivity index (χ0v) is 13.3. The van der Waals surface area contributed by atoms with Gasteiger partial charge in [-0.2, -0.15) is 0 Å². The molecule has 1 rings (SSSR count). The van der Waals surface area contributed by atoms with E-state index >= 15 is 0 Å². The SMILES string of the molecule is Cc1cc(C)c(C)c(OC(C)CCCNC(C)C)c1. The number of ether oxygens (including phenoxy) is 1. The fourth-order valence-corrected chi connectivity index (χ4v) is 2.18. The van der Waals surface area contributed by atoms with Gasteiger partial charge in [-0.15, -0.1) is 0 Å². The minimum Gasteiger partial charge on any atom is -0.490 e. The molecule has 1 aromatic rings. The second-order valence-corrected chi connectivity index (χ2v) is 5.88. The molecule has 0 aliphatic heterocycles. The first-order chi connectivity index (χ1) is 8.90. The molecule has 0 aromatic heterocycles. The lowest BCUT2D eigenvalue weighted by molar-refractivity contribution is 0.205. The predicted octanol–water partition coefficient (Wildman–Crippen LogP) is 4.16. The van der Waals surface area contributed by atoms with Crippen LogP contribution in [0.2, 0.25) is 0 Å².